The summed E-state index contributed by atoms with van der Waals surface area (Å²) in [6, 6.07) is 10.0. The second-order valence-electron chi connectivity index (χ2n) is 5.77. The fourth-order valence-electron chi connectivity index (χ4n) is 2.38. The number of hydrogen-bond donors (Lipinski definition) is 2. The zero-order valence-electron chi connectivity index (χ0n) is 13.6. The van der Waals surface area contributed by atoms with Crippen LogP contribution in [-0.2, 0) is 10.3 Å². The van der Waals surface area contributed by atoms with Gasteiger partial charge < -0.3 is 5.73 Å². The van der Waals surface area contributed by atoms with Gasteiger partial charge in [0.1, 0.15) is 5.54 Å². The number of thioether (sulfide) groups is 1. The van der Waals surface area contributed by atoms with Crippen LogP contribution in [0.2, 0.25) is 0 Å². The Hall–Kier alpha value is -1.00. The smallest absolute Gasteiger partial charge is 0.242 e. The summed E-state index contributed by atoms with van der Waals surface area (Å²) in [6.45, 7) is 8.49. The molecule has 1 aromatic carbocycles. The van der Waals surface area contributed by atoms with Crippen LogP contribution in [0.15, 0.2) is 30.3 Å². The van der Waals surface area contributed by atoms with E-state index in [0.29, 0.717) is 11.7 Å². The van der Waals surface area contributed by atoms with Crippen molar-refractivity contribution in [1.82, 2.24) is 5.32 Å². The second kappa shape index (κ2) is 8.44. The van der Waals surface area contributed by atoms with Crippen molar-refractivity contribution in [2.45, 2.75) is 57.4 Å². The lowest BCUT2D eigenvalue weighted by Crippen LogP contribution is -2.55. The SMILES string of the molecule is CCC(C)SCCC(NC(C)C)(C(N)=O)c1ccccc1. The van der Waals surface area contributed by atoms with Gasteiger partial charge in [-0.1, -0.05) is 44.2 Å². The lowest BCUT2D eigenvalue weighted by atomic mass is 9.85. The highest BCUT2D eigenvalue weighted by atomic mass is 32.2. The molecule has 0 aliphatic heterocycles. The summed E-state index contributed by atoms with van der Waals surface area (Å²) >= 11 is 1.89. The van der Waals surface area contributed by atoms with Crippen LogP contribution in [0.1, 0.15) is 46.1 Å². The van der Waals surface area contributed by atoms with Crippen LogP contribution >= 0.6 is 11.8 Å². The monoisotopic (exact) mass is 308 g/mol. The van der Waals surface area contributed by atoms with E-state index in [1.165, 1.54) is 0 Å². The molecule has 0 aromatic heterocycles. The second-order valence-corrected chi connectivity index (χ2v) is 7.32. The number of nitrogens with one attached hydrogen (secondary N) is 1. The number of carbonyl (C=O) groups is 1. The molecule has 3 nitrogen and oxygen atoms in total. The molecule has 118 valence electrons. The average molecular weight is 308 g/mol. The van der Waals surface area contributed by atoms with E-state index >= 15 is 0 Å². The molecule has 4 heteroatoms. The maximum atomic E-state index is 12.3. The third-order valence-corrected chi connectivity index (χ3v) is 5.02. The van der Waals surface area contributed by atoms with E-state index in [1.807, 2.05) is 55.9 Å². The van der Waals surface area contributed by atoms with Crippen molar-refractivity contribution in [3.63, 3.8) is 0 Å². The number of carbonyl (C=O) groups excluding carboxylic acids is 1. The summed E-state index contributed by atoms with van der Waals surface area (Å²) in [4.78, 5) is 12.3. The van der Waals surface area contributed by atoms with E-state index < -0.39 is 5.54 Å². The van der Waals surface area contributed by atoms with E-state index in [2.05, 4.69) is 19.2 Å². The topological polar surface area (TPSA) is 55.1 Å². The predicted molar refractivity (Wildman–Crippen MR) is 92.4 cm³/mol. The molecule has 0 saturated heterocycles. The molecular formula is C17H28N2OS. The summed E-state index contributed by atoms with van der Waals surface area (Å²) < 4.78 is 0. The third kappa shape index (κ3) is 5.04. The van der Waals surface area contributed by atoms with Gasteiger partial charge in [-0.3, -0.25) is 10.1 Å². The zero-order chi connectivity index (χ0) is 15.9. The lowest BCUT2D eigenvalue weighted by Gasteiger charge is -2.34. The van der Waals surface area contributed by atoms with E-state index in [4.69, 9.17) is 5.73 Å². The van der Waals surface area contributed by atoms with Crippen molar-refractivity contribution in [1.29, 1.82) is 0 Å². The van der Waals surface area contributed by atoms with Crippen LogP contribution in [0, 0.1) is 0 Å². The molecule has 1 amide bonds. The van der Waals surface area contributed by atoms with Crippen molar-refractivity contribution in [2.24, 2.45) is 5.73 Å². The van der Waals surface area contributed by atoms with Gasteiger partial charge in [-0.2, -0.15) is 11.8 Å². The first-order valence-electron chi connectivity index (χ1n) is 7.67. The Morgan fingerprint density at radius 2 is 1.90 bits per heavy atom. The van der Waals surface area contributed by atoms with E-state index in [9.17, 15) is 4.79 Å². The molecule has 0 saturated carbocycles. The van der Waals surface area contributed by atoms with Gasteiger partial charge >= 0.3 is 0 Å². The van der Waals surface area contributed by atoms with Crippen molar-refractivity contribution in [2.75, 3.05) is 5.75 Å². The molecule has 0 fully saturated rings. The fourth-order valence-corrected chi connectivity index (χ4v) is 3.45. The van der Waals surface area contributed by atoms with Crippen LogP contribution in [-0.4, -0.2) is 23.0 Å². The summed E-state index contributed by atoms with van der Waals surface area (Å²) in [7, 11) is 0. The number of nitrogens with two attached hydrogens (primary N) is 1. The highest BCUT2D eigenvalue weighted by Gasteiger charge is 2.38. The van der Waals surface area contributed by atoms with Crippen molar-refractivity contribution in [3.8, 4) is 0 Å². The maximum absolute atomic E-state index is 12.3. The summed E-state index contributed by atoms with van der Waals surface area (Å²) in [6.07, 6.45) is 1.84. The molecule has 21 heavy (non-hydrogen) atoms. The Balaban J connectivity index is 2.99. The molecule has 2 atom stereocenters. The average Bonchev–Trinajstić information content (AvgIpc) is 2.46. The quantitative estimate of drug-likeness (QED) is 0.736. The minimum Gasteiger partial charge on any atom is -0.368 e. The Bertz CT molecular complexity index is 436. The molecule has 0 heterocycles. The van der Waals surface area contributed by atoms with Gasteiger partial charge in [0.05, 0.1) is 0 Å². The number of amides is 1. The molecule has 0 radical (unpaired) electrons. The normalized spacial score (nSPS) is 15.7. The molecular weight excluding hydrogens is 280 g/mol. The van der Waals surface area contributed by atoms with Crippen molar-refractivity contribution in [3.05, 3.63) is 35.9 Å². The van der Waals surface area contributed by atoms with Gasteiger partial charge in [-0.05, 0) is 38.0 Å². The van der Waals surface area contributed by atoms with Crippen LogP contribution < -0.4 is 11.1 Å². The molecule has 1 rings (SSSR count). The maximum Gasteiger partial charge on any atom is 0.242 e. The van der Waals surface area contributed by atoms with Gasteiger partial charge in [0, 0.05) is 11.3 Å². The third-order valence-electron chi connectivity index (χ3n) is 3.68. The molecule has 0 aliphatic rings. The largest absolute Gasteiger partial charge is 0.368 e. The zero-order valence-corrected chi connectivity index (χ0v) is 14.4. The standard InChI is InChI=1S/C17H28N2OS/c1-5-14(4)21-12-11-17(16(18)20,19-13(2)3)15-9-7-6-8-10-15/h6-10,13-14,19H,5,11-12H2,1-4H3,(H2,18,20). The van der Waals surface area contributed by atoms with Crippen LogP contribution in [0.3, 0.4) is 0 Å². The van der Waals surface area contributed by atoms with Crippen molar-refractivity contribution >= 4 is 17.7 Å². The number of hydrogen-bond acceptors (Lipinski definition) is 3. The first-order chi connectivity index (χ1) is 9.92. The fraction of sp³-hybridized carbons (Fsp3) is 0.588. The minimum absolute atomic E-state index is 0.186. The number of benzene rings is 1. The Kier molecular flexibility index (Phi) is 7.26. The van der Waals surface area contributed by atoms with E-state index in [1.54, 1.807) is 0 Å². The highest BCUT2D eigenvalue weighted by Crippen LogP contribution is 2.29. The van der Waals surface area contributed by atoms with E-state index in [0.717, 1.165) is 17.7 Å². The van der Waals surface area contributed by atoms with Crippen molar-refractivity contribution < 1.29 is 4.79 Å². The first-order valence-corrected chi connectivity index (χ1v) is 8.72. The number of rotatable bonds is 9. The highest BCUT2D eigenvalue weighted by molar-refractivity contribution is 7.99. The van der Waals surface area contributed by atoms with Gasteiger partial charge in [-0.25, -0.2) is 0 Å². The number of primary amides is 1. The summed E-state index contributed by atoms with van der Waals surface area (Å²) in [5.41, 5.74) is 5.96. The van der Waals surface area contributed by atoms with Gasteiger partial charge in [0.15, 0.2) is 0 Å². The molecule has 0 aliphatic carbocycles. The molecule has 2 unspecified atom stereocenters. The van der Waals surface area contributed by atoms with Crippen LogP contribution in [0.5, 0.6) is 0 Å². The van der Waals surface area contributed by atoms with Gasteiger partial charge in [0.25, 0.3) is 0 Å². The van der Waals surface area contributed by atoms with Crippen LogP contribution in [0.4, 0.5) is 0 Å². The van der Waals surface area contributed by atoms with Gasteiger partial charge in [0.2, 0.25) is 5.91 Å². The Morgan fingerprint density at radius 3 is 2.38 bits per heavy atom. The minimum atomic E-state index is -0.782. The van der Waals surface area contributed by atoms with Crippen LogP contribution in [0.25, 0.3) is 0 Å². The van der Waals surface area contributed by atoms with E-state index in [-0.39, 0.29) is 11.9 Å². The molecule has 1 aromatic rings. The Labute approximate surface area is 133 Å². The summed E-state index contributed by atoms with van der Waals surface area (Å²) in [5, 5.41) is 4.02. The lowest BCUT2D eigenvalue weighted by molar-refractivity contribution is -0.125. The summed E-state index contributed by atoms with van der Waals surface area (Å²) in [5.74, 6) is 0.610. The molecule has 0 spiro atoms. The Morgan fingerprint density at radius 1 is 1.29 bits per heavy atom. The first kappa shape index (κ1) is 18.1. The molecule has 3 N–H and O–H groups in total. The van der Waals surface area contributed by atoms with Gasteiger partial charge in [-0.15, -0.1) is 0 Å². The predicted octanol–water partition coefficient (Wildman–Crippen LogP) is 3.29. The molecule has 0 bridgehead atoms.